The lowest BCUT2D eigenvalue weighted by atomic mass is 10.1. The summed E-state index contributed by atoms with van der Waals surface area (Å²) in [7, 11) is 0. The molecule has 2 aromatic rings. The predicted octanol–water partition coefficient (Wildman–Crippen LogP) is 2.74. The Hall–Kier alpha value is -3.34. The lowest BCUT2D eigenvalue weighted by molar-refractivity contribution is -0.394. The van der Waals surface area contributed by atoms with Crippen molar-refractivity contribution in [2.45, 2.75) is 0 Å². The van der Waals surface area contributed by atoms with Gasteiger partial charge in [0.15, 0.2) is 0 Å². The van der Waals surface area contributed by atoms with E-state index in [0.717, 1.165) is 18.2 Å². The van der Waals surface area contributed by atoms with Crippen molar-refractivity contribution in [1.82, 2.24) is 5.43 Å². The van der Waals surface area contributed by atoms with Crippen LogP contribution in [0.3, 0.4) is 0 Å². The summed E-state index contributed by atoms with van der Waals surface area (Å²) in [6, 6.07) is 7.08. The second-order valence-electron chi connectivity index (χ2n) is 4.66. The van der Waals surface area contributed by atoms with Crippen LogP contribution in [0, 0.1) is 20.2 Å². The number of aromatic hydroxyl groups is 1. The number of nitrogens with zero attached hydrogens (tertiary/aromatic N) is 3. The highest BCUT2D eigenvalue weighted by molar-refractivity contribution is 9.10. The van der Waals surface area contributed by atoms with E-state index in [0.29, 0.717) is 10.0 Å². The molecule has 0 aromatic heterocycles. The van der Waals surface area contributed by atoms with Gasteiger partial charge in [-0.1, -0.05) is 0 Å². The first-order valence-corrected chi connectivity index (χ1v) is 7.33. The first-order chi connectivity index (χ1) is 11.8. The van der Waals surface area contributed by atoms with Crippen molar-refractivity contribution in [3.8, 4) is 5.75 Å². The van der Waals surface area contributed by atoms with E-state index in [4.69, 9.17) is 0 Å². The molecule has 0 aliphatic carbocycles. The number of nitro groups is 2. The summed E-state index contributed by atoms with van der Waals surface area (Å²) in [6.45, 7) is 0. The molecule has 0 aliphatic rings. The minimum atomic E-state index is -0.846. The zero-order valence-corrected chi connectivity index (χ0v) is 13.8. The van der Waals surface area contributed by atoms with Gasteiger partial charge in [0.25, 0.3) is 17.3 Å². The molecule has 2 N–H and O–H groups in total. The van der Waals surface area contributed by atoms with Gasteiger partial charge in [-0.2, -0.15) is 5.10 Å². The Balaban J connectivity index is 2.19. The molecule has 0 unspecified atom stereocenters. The van der Waals surface area contributed by atoms with Crippen molar-refractivity contribution in [3.05, 3.63) is 72.2 Å². The number of non-ortho nitro benzene ring substituents is 2. The Morgan fingerprint density at radius 1 is 1.12 bits per heavy atom. The summed E-state index contributed by atoms with van der Waals surface area (Å²) in [4.78, 5) is 31.9. The second kappa shape index (κ2) is 7.49. The minimum absolute atomic E-state index is 0.0325. The van der Waals surface area contributed by atoms with Crippen LogP contribution in [0.1, 0.15) is 15.9 Å². The van der Waals surface area contributed by atoms with Crippen molar-refractivity contribution in [2.75, 3.05) is 0 Å². The van der Waals surface area contributed by atoms with Crippen LogP contribution in [0.2, 0.25) is 0 Å². The molecule has 0 aliphatic heterocycles. The molecule has 128 valence electrons. The van der Waals surface area contributed by atoms with Crippen molar-refractivity contribution in [2.24, 2.45) is 5.10 Å². The molecule has 0 spiro atoms. The van der Waals surface area contributed by atoms with Crippen molar-refractivity contribution in [3.63, 3.8) is 0 Å². The molecule has 0 saturated carbocycles. The number of hydrogen-bond acceptors (Lipinski definition) is 7. The van der Waals surface area contributed by atoms with Gasteiger partial charge < -0.3 is 5.11 Å². The number of halogens is 1. The summed E-state index contributed by atoms with van der Waals surface area (Å²) in [6.07, 6.45) is 1.27. The van der Waals surface area contributed by atoms with Crippen LogP contribution in [0.4, 0.5) is 11.4 Å². The maximum atomic E-state index is 12.0. The lowest BCUT2D eigenvalue weighted by Gasteiger charge is -2.01. The third kappa shape index (κ3) is 4.57. The third-order valence-electron chi connectivity index (χ3n) is 2.94. The number of hydrazone groups is 1. The van der Waals surface area contributed by atoms with Crippen LogP contribution in [-0.2, 0) is 0 Å². The molecular formula is C14H9BrN4O6. The Morgan fingerprint density at radius 3 is 2.24 bits per heavy atom. The minimum Gasteiger partial charge on any atom is -0.507 e. The average molecular weight is 409 g/mol. The Morgan fingerprint density at radius 2 is 1.72 bits per heavy atom. The number of phenols is 1. The van der Waals surface area contributed by atoms with E-state index in [9.17, 15) is 30.1 Å². The third-order valence-corrected chi connectivity index (χ3v) is 3.57. The quantitative estimate of drug-likeness (QED) is 0.441. The SMILES string of the molecule is O=C(N/N=C/c1ccc(O)c(Br)c1)c1cc([N+](=O)[O-])cc([N+](=O)[O-])c1. The van der Waals surface area contributed by atoms with Crippen LogP contribution >= 0.6 is 15.9 Å². The topological polar surface area (TPSA) is 148 Å². The summed E-state index contributed by atoms with van der Waals surface area (Å²) in [5.74, 6) is -0.814. The smallest absolute Gasteiger partial charge is 0.277 e. The number of benzene rings is 2. The molecule has 0 bridgehead atoms. The van der Waals surface area contributed by atoms with Gasteiger partial charge in [-0.25, -0.2) is 5.43 Å². The van der Waals surface area contributed by atoms with Crippen molar-refractivity contribution in [1.29, 1.82) is 0 Å². The molecule has 0 heterocycles. The number of rotatable bonds is 5. The van der Waals surface area contributed by atoms with Crippen LogP contribution in [-0.4, -0.2) is 27.1 Å². The standard InChI is InChI=1S/C14H9BrN4O6/c15-12-3-8(1-2-13(12)20)7-16-17-14(21)9-4-10(18(22)23)6-11(5-9)19(24)25/h1-7,20H,(H,17,21)/b16-7+. The number of amides is 1. The van der Waals surface area contributed by atoms with Crippen molar-refractivity contribution >= 4 is 39.4 Å². The fourth-order valence-corrected chi connectivity index (χ4v) is 2.17. The fourth-order valence-electron chi connectivity index (χ4n) is 1.77. The second-order valence-corrected chi connectivity index (χ2v) is 5.52. The number of phenolic OH excluding ortho intramolecular Hbond substituents is 1. The normalized spacial score (nSPS) is 10.6. The van der Waals surface area contributed by atoms with Gasteiger partial charge in [-0.15, -0.1) is 0 Å². The molecule has 0 radical (unpaired) electrons. The molecule has 2 rings (SSSR count). The van der Waals surface area contributed by atoms with E-state index in [1.165, 1.54) is 18.3 Å². The monoisotopic (exact) mass is 408 g/mol. The first kappa shape index (κ1) is 18.0. The lowest BCUT2D eigenvalue weighted by Crippen LogP contribution is -2.18. The van der Waals surface area contributed by atoms with Gasteiger partial charge in [0.2, 0.25) is 0 Å². The number of carbonyl (C=O) groups is 1. The molecule has 2 aromatic carbocycles. The molecular weight excluding hydrogens is 400 g/mol. The Bertz CT molecular complexity index is 867. The molecule has 25 heavy (non-hydrogen) atoms. The maximum absolute atomic E-state index is 12.0. The largest absolute Gasteiger partial charge is 0.507 e. The fraction of sp³-hybridized carbons (Fsp3) is 0. The highest BCUT2D eigenvalue weighted by atomic mass is 79.9. The highest BCUT2D eigenvalue weighted by Crippen LogP contribution is 2.24. The van der Waals surface area contributed by atoms with E-state index in [2.05, 4.69) is 26.5 Å². The van der Waals surface area contributed by atoms with Gasteiger partial charge in [0.05, 0.1) is 32.2 Å². The number of nitro benzene ring substituents is 2. The van der Waals surface area contributed by atoms with Gasteiger partial charge in [0.1, 0.15) is 5.75 Å². The summed E-state index contributed by atoms with van der Waals surface area (Å²) in [5.41, 5.74) is 1.24. The average Bonchev–Trinajstić information content (AvgIpc) is 2.57. The zero-order chi connectivity index (χ0) is 18.6. The molecule has 11 heteroatoms. The highest BCUT2D eigenvalue weighted by Gasteiger charge is 2.19. The van der Waals surface area contributed by atoms with Crippen LogP contribution in [0.15, 0.2) is 46.0 Å². The Labute approximate surface area is 148 Å². The zero-order valence-electron chi connectivity index (χ0n) is 12.2. The summed E-state index contributed by atoms with van der Waals surface area (Å²) in [5, 5.41) is 34.7. The van der Waals surface area contributed by atoms with Gasteiger partial charge in [0, 0.05) is 12.1 Å². The van der Waals surface area contributed by atoms with E-state index < -0.39 is 27.1 Å². The molecule has 0 fully saturated rings. The van der Waals surface area contributed by atoms with E-state index in [-0.39, 0.29) is 11.3 Å². The van der Waals surface area contributed by atoms with Gasteiger partial charge in [-0.05, 0) is 39.7 Å². The van der Waals surface area contributed by atoms with E-state index in [1.54, 1.807) is 6.07 Å². The number of carbonyl (C=O) groups excluding carboxylic acids is 1. The number of nitrogens with one attached hydrogen (secondary N) is 1. The maximum Gasteiger partial charge on any atom is 0.277 e. The van der Waals surface area contributed by atoms with Gasteiger partial charge in [-0.3, -0.25) is 25.0 Å². The molecule has 0 saturated heterocycles. The van der Waals surface area contributed by atoms with Crippen LogP contribution in [0.5, 0.6) is 5.75 Å². The first-order valence-electron chi connectivity index (χ1n) is 6.53. The van der Waals surface area contributed by atoms with Crippen molar-refractivity contribution < 1.29 is 19.7 Å². The Kier molecular flexibility index (Phi) is 5.39. The summed E-state index contributed by atoms with van der Waals surface area (Å²) < 4.78 is 0.428. The molecule has 10 nitrogen and oxygen atoms in total. The van der Waals surface area contributed by atoms with Crippen LogP contribution in [0.25, 0.3) is 0 Å². The van der Waals surface area contributed by atoms with Gasteiger partial charge >= 0.3 is 0 Å². The van der Waals surface area contributed by atoms with E-state index in [1.807, 2.05) is 0 Å². The molecule has 1 amide bonds. The summed E-state index contributed by atoms with van der Waals surface area (Å²) >= 11 is 3.12. The predicted molar refractivity (Wildman–Crippen MR) is 90.6 cm³/mol. The number of hydrogen-bond donors (Lipinski definition) is 2. The van der Waals surface area contributed by atoms with E-state index >= 15 is 0 Å². The molecule has 0 atom stereocenters. The van der Waals surface area contributed by atoms with Crippen LogP contribution < -0.4 is 5.43 Å².